The molecule has 5 nitrogen and oxygen atoms in total. The highest BCUT2D eigenvalue weighted by Crippen LogP contribution is 2.08. The molecular weight excluding hydrogens is 266 g/mol. The molecule has 1 N–H and O–H groups in total. The van der Waals surface area contributed by atoms with Crippen LogP contribution in [-0.2, 0) is 14.8 Å². The Kier molecular flexibility index (Phi) is 5.72. The van der Waals surface area contributed by atoms with Crippen molar-refractivity contribution in [3.05, 3.63) is 41.3 Å². The first-order chi connectivity index (χ1) is 8.95. The topological polar surface area (TPSA) is 74.7 Å². The van der Waals surface area contributed by atoms with Gasteiger partial charge in [-0.05, 0) is 18.1 Å². The van der Waals surface area contributed by atoms with E-state index in [4.69, 9.17) is 5.11 Å². The summed E-state index contributed by atoms with van der Waals surface area (Å²) in [5.74, 6) is -1.16. The predicted molar refractivity (Wildman–Crippen MR) is 73.9 cm³/mol. The number of aliphatic carboxylic acids is 1. The third-order valence-electron chi connectivity index (χ3n) is 2.38. The molecule has 0 heterocycles. The molecule has 0 bridgehead atoms. The van der Waals surface area contributed by atoms with Crippen molar-refractivity contribution in [1.82, 2.24) is 4.31 Å². The Labute approximate surface area is 113 Å². The van der Waals surface area contributed by atoms with Crippen LogP contribution in [0.1, 0.15) is 18.9 Å². The fourth-order valence-corrected chi connectivity index (χ4v) is 2.74. The molecule has 0 radical (unpaired) electrons. The Morgan fingerprint density at radius 3 is 2.47 bits per heavy atom. The minimum Gasteiger partial charge on any atom is -0.480 e. The molecule has 0 amide bonds. The largest absolute Gasteiger partial charge is 0.480 e. The summed E-state index contributed by atoms with van der Waals surface area (Å²) in [6, 6.07) is 8.97. The highest BCUT2D eigenvalue weighted by molar-refractivity contribution is 7.92. The third-order valence-corrected chi connectivity index (χ3v) is 3.89. The van der Waals surface area contributed by atoms with Crippen LogP contribution in [0.3, 0.4) is 0 Å². The van der Waals surface area contributed by atoms with Crippen LogP contribution in [0.5, 0.6) is 0 Å². The van der Waals surface area contributed by atoms with Crippen LogP contribution in [0.2, 0.25) is 0 Å². The summed E-state index contributed by atoms with van der Waals surface area (Å²) in [4.78, 5) is 10.7. The fraction of sp³-hybridized carbons (Fsp3) is 0.308. The zero-order chi connectivity index (χ0) is 14.3. The molecule has 0 fully saturated rings. The first kappa shape index (κ1) is 15.4. The lowest BCUT2D eigenvalue weighted by molar-refractivity contribution is -0.137. The van der Waals surface area contributed by atoms with Crippen LogP contribution in [0.25, 0.3) is 6.08 Å². The number of benzene rings is 1. The van der Waals surface area contributed by atoms with Crippen molar-refractivity contribution < 1.29 is 18.3 Å². The van der Waals surface area contributed by atoms with Gasteiger partial charge in [-0.1, -0.05) is 37.3 Å². The summed E-state index contributed by atoms with van der Waals surface area (Å²) >= 11 is 0. The monoisotopic (exact) mass is 283 g/mol. The lowest BCUT2D eigenvalue weighted by atomic mass is 10.2. The van der Waals surface area contributed by atoms with Crippen molar-refractivity contribution in [3.63, 3.8) is 0 Å². The third kappa shape index (κ3) is 5.23. The standard InChI is InChI=1S/C13H17NO4S/c1-2-9-14(11-13(15)16)19(17,18)10-8-12-6-4-3-5-7-12/h3-8,10H,2,9,11H2,1H3,(H,15,16)/b10-8+. The molecule has 0 spiro atoms. The highest BCUT2D eigenvalue weighted by atomic mass is 32.2. The Morgan fingerprint density at radius 1 is 1.32 bits per heavy atom. The molecule has 0 aliphatic rings. The second-order valence-electron chi connectivity index (χ2n) is 3.99. The average Bonchev–Trinajstić information content (AvgIpc) is 2.37. The maximum absolute atomic E-state index is 12.0. The van der Waals surface area contributed by atoms with Crippen molar-refractivity contribution in [2.45, 2.75) is 13.3 Å². The summed E-state index contributed by atoms with van der Waals surface area (Å²) in [5, 5.41) is 9.77. The second kappa shape index (κ2) is 7.06. The lowest BCUT2D eigenvalue weighted by Gasteiger charge is -2.16. The van der Waals surface area contributed by atoms with Gasteiger partial charge in [-0.3, -0.25) is 4.79 Å². The van der Waals surface area contributed by atoms with E-state index in [9.17, 15) is 13.2 Å². The molecule has 0 unspecified atom stereocenters. The molecule has 0 atom stereocenters. The van der Waals surface area contributed by atoms with Crippen LogP contribution in [0, 0.1) is 0 Å². The summed E-state index contributed by atoms with van der Waals surface area (Å²) in [7, 11) is -3.71. The molecular formula is C13H17NO4S. The van der Waals surface area contributed by atoms with Gasteiger partial charge in [-0.15, -0.1) is 0 Å². The summed E-state index contributed by atoms with van der Waals surface area (Å²) in [6.07, 6.45) is 2.02. The number of carboxylic acid groups (broad SMARTS) is 1. The molecule has 1 aromatic rings. The molecule has 6 heteroatoms. The number of hydrogen-bond acceptors (Lipinski definition) is 3. The van der Waals surface area contributed by atoms with Gasteiger partial charge in [-0.2, -0.15) is 4.31 Å². The maximum Gasteiger partial charge on any atom is 0.318 e. The van der Waals surface area contributed by atoms with Crippen LogP contribution >= 0.6 is 0 Å². The van der Waals surface area contributed by atoms with Gasteiger partial charge in [0.15, 0.2) is 0 Å². The molecule has 1 aromatic carbocycles. The number of nitrogens with zero attached hydrogens (tertiary/aromatic N) is 1. The van der Waals surface area contributed by atoms with E-state index in [1.165, 1.54) is 6.08 Å². The minimum absolute atomic E-state index is 0.188. The molecule has 0 aliphatic carbocycles. The number of hydrogen-bond donors (Lipinski definition) is 1. The van der Waals surface area contributed by atoms with Crippen LogP contribution < -0.4 is 0 Å². The molecule has 104 valence electrons. The number of carboxylic acids is 1. The van der Waals surface area contributed by atoms with Gasteiger partial charge in [0.2, 0.25) is 10.0 Å². The fourth-order valence-electron chi connectivity index (χ4n) is 1.51. The number of rotatable bonds is 7. The van der Waals surface area contributed by atoms with E-state index in [1.807, 2.05) is 6.07 Å². The van der Waals surface area contributed by atoms with E-state index in [0.717, 1.165) is 15.3 Å². The van der Waals surface area contributed by atoms with E-state index in [2.05, 4.69) is 0 Å². The molecule has 0 saturated carbocycles. The van der Waals surface area contributed by atoms with Crippen molar-refractivity contribution in [2.75, 3.05) is 13.1 Å². The Bertz CT molecular complexity index is 537. The molecule has 1 rings (SSSR count). The van der Waals surface area contributed by atoms with E-state index in [1.54, 1.807) is 31.2 Å². The van der Waals surface area contributed by atoms with Crippen LogP contribution in [-0.4, -0.2) is 36.9 Å². The van der Waals surface area contributed by atoms with Crippen molar-refractivity contribution in [2.24, 2.45) is 0 Å². The summed E-state index contributed by atoms with van der Waals surface area (Å²) < 4.78 is 25.0. The molecule has 19 heavy (non-hydrogen) atoms. The van der Waals surface area contributed by atoms with E-state index in [-0.39, 0.29) is 6.54 Å². The van der Waals surface area contributed by atoms with Gasteiger partial charge in [0, 0.05) is 12.0 Å². The van der Waals surface area contributed by atoms with Crippen molar-refractivity contribution in [3.8, 4) is 0 Å². The number of carbonyl (C=O) groups is 1. The first-order valence-corrected chi connectivity index (χ1v) is 7.41. The number of sulfonamides is 1. The van der Waals surface area contributed by atoms with Crippen molar-refractivity contribution >= 4 is 22.1 Å². The van der Waals surface area contributed by atoms with E-state index >= 15 is 0 Å². The van der Waals surface area contributed by atoms with Crippen LogP contribution in [0.15, 0.2) is 35.7 Å². The maximum atomic E-state index is 12.0. The van der Waals surface area contributed by atoms with Gasteiger partial charge in [0.25, 0.3) is 0 Å². The summed E-state index contributed by atoms with van der Waals surface area (Å²) in [6.45, 7) is 1.47. The van der Waals surface area contributed by atoms with Gasteiger partial charge < -0.3 is 5.11 Å². The quantitative estimate of drug-likeness (QED) is 0.827. The SMILES string of the molecule is CCCN(CC(=O)O)S(=O)(=O)/C=C/c1ccccc1. The van der Waals surface area contributed by atoms with Crippen LogP contribution in [0.4, 0.5) is 0 Å². The Hall–Kier alpha value is -1.66. The van der Waals surface area contributed by atoms with E-state index in [0.29, 0.717) is 6.42 Å². The zero-order valence-corrected chi connectivity index (χ0v) is 11.5. The zero-order valence-electron chi connectivity index (χ0n) is 10.7. The first-order valence-electron chi connectivity index (χ1n) is 5.91. The average molecular weight is 283 g/mol. The molecule has 0 aliphatic heterocycles. The normalized spacial score (nSPS) is 12.1. The summed E-state index contributed by atoms with van der Waals surface area (Å²) in [5.41, 5.74) is 0.748. The molecule has 0 saturated heterocycles. The van der Waals surface area contributed by atoms with Gasteiger partial charge in [-0.25, -0.2) is 8.42 Å². The second-order valence-corrected chi connectivity index (χ2v) is 5.80. The van der Waals surface area contributed by atoms with Gasteiger partial charge in [0.1, 0.15) is 6.54 Å². The predicted octanol–water partition coefficient (Wildman–Crippen LogP) is 1.78. The Balaban J connectivity index is 2.88. The van der Waals surface area contributed by atoms with Crippen molar-refractivity contribution in [1.29, 1.82) is 0 Å². The Morgan fingerprint density at radius 2 is 1.95 bits per heavy atom. The molecule has 0 aromatic heterocycles. The minimum atomic E-state index is -3.71. The smallest absolute Gasteiger partial charge is 0.318 e. The highest BCUT2D eigenvalue weighted by Gasteiger charge is 2.20. The van der Waals surface area contributed by atoms with Gasteiger partial charge >= 0.3 is 5.97 Å². The van der Waals surface area contributed by atoms with E-state index < -0.39 is 22.5 Å². The van der Waals surface area contributed by atoms with Gasteiger partial charge in [0.05, 0.1) is 0 Å². The lowest BCUT2D eigenvalue weighted by Crippen LogP contribution is -2.34.